The Morgan fingerprint density at radius 2 is 2.05 bits per heavy atom. The van der Waals surface area contributed by atoms with Crippen molar-refractivity contribution in [3.05, 3.63) is 35.9 Å². The summed E-state index contributed by atoms with van der Waals surface area (Å²) in [6, 6.07) is 8.37. The van der Waals surface area contributed by atoms with Gasteiger partial charge in [-0.1, -0.05) is 30.3 Å². The number of nitrogens with zero attached hydrogens (tertiary/aromatic N) is 1. The second-order valence-corrected chi connectivity index (χ2v) is 4.57. The molecular formula is C13H18ClN3O2. The van der Waals surface area contributed by atoms with Crippen molar-refractivity contribution in [2.24, 2.45) is 5.73 Å². The molecule has 2 atom stereocenters. The number of rotatable bonds is 3. The molecule has 0 saturated carbocycles. The Labute approximate surface area is 118 Å². The van der Waals surface area contributed by atoms with Gasteiger partial charge >= 0.3 is 0 Å². The zero-order valence-electron chi connectivity index (χ0n) is 10.7. The Morgan fingerprint density at radius 3 is 2.58 bits per heavy atom. The van der Waals surface area contributed by atoms with Crippen LogP contribution in [0.4, 0.5) is 0 Å². The first kappa shape index (κ1) is 15.5. The molecule has 0 bridgehead atoms. The average molecular weight is 284 g/mol. The smallest absolute Gasteiger partial charge is 0.241 e. The van der Waals surface area contributed by atoms with Gasteiger partial charge in [-0.2, -0.15) is 0 Å². The zero-order chi connectivity index (χ0) is 13.1. The summed E-state index contributed by atoms with van der Waals surface area (Å²) >= 11 is 0. The molecule has 1 heterocycles. The lowest BCUT2D eigenvalue weighted by molar-refractivity contribution is -0.126. The van der Waals surface area contributed by atoms with Gasteiger partial charge in [0.15, 0.2) is 0 Å². The number of nitrogens with one attached hydrogen (secondary N) is 1. The third kappa shape index (κ3) is 3.68. The largest absolute Gasteiger partial charge is 0.349 e. The molecular weight excluding hydrogens is 266 g/mol. The number of halogens is 1. The molecule has 1 aliphatic rings. The van der Waals surface area contributed by atoms with Crippen molar-refractivity contribution in [3.8, 4) is 0 Å². The highest BCUT2D eigenvalue weighted by Gasteiger charge is 2.29. The van der Waals surface area contributed by atoms with Gasteiger partial charge < -0.3 is 16.0 Å². The van der Waals surface area contributed by atoms with Crippen LogP contribution in [0.5, 0.6) is 0 Å². The normalized spacial score (nSPS) is 19.8. The van der Waals surface area contributed by atoms with E-state index >= 15 is 0 Å². The molecule has 0 radical (unpaired) electrons. The first-order valence-corrected chi connectivity index (χ1v) is 5.93. The molecule has 1 fully saturated rings. The number of amides is 2. The minimum Gasteiger partial charge on any atom is -0.349 e. The van der Waals surface area contributed by atoms with Crippen LogP contribution in [0.2, 0.25) is 0 Å². The van der Waals surface area contributed by atoms with Crippen LogP contribution in [-0.4, -0.2) is 36.3 Å². The average Bonchev–Trinajstić information content (AvgIpc) is 2.68. The molecule has 2 amide bonds. The first-order valence-electron chi connectivity index (χ1n) is 5.93. The fourth-order valence-electron chi connectivity index (χ4n) is 2.06. The number of hydrogen-bond donors (Lipinski definition) is 2. The van der Waals surface area contributed by atoms with Gasteiger partial charge in [-0.3, -0.25) is 9.59 Å². The number of likely N-dealkylation sites (tertiary alicyclic amines) is 1. The molecule has 0 aliphatic carbocycles. The molecule has 5 nitrogen and oxygen atoms in total. The van der Waals surface area contributed by atoms with Gasteiger partial charge in [0, 0.05) is 20.0 Å². The summed E-state index contributed by atoms with van der Waals surface area (Å²) in [5.74, 6) is -0.192. The molecule has 0 spiro atoms. The van der Waals surface area contributed by atoms with Crippen molar-refractivity contribution in [1.82, 2.24) is 10.2 Å². The van der Waals surface area contributed by atoms with E-state index in [1.165, 1.54) is 0 Å². The maximum absolute atomic E-state index is 11.9. The molecule has 2 rings (SSSR count). The highest BCUT2D eigenvalue weighted by molar-refractivity contribution is 5.85. The van der Waals surface area contributed by atoms with Crippen molar-refractivity contribution < 1.29 is 9.59 Å². The molecule has 1 saturated heterocycles. The molecule has 3 N–H and O–H groups in total. The van der Waals surface area contributed by atoms with E-state index in [0.717, 1.165) is 5.56 Å². The summed E-state index contributed by atoms with van der Waals surface area (Å²) < 4.78 is 0. The van der Waals surface area contributed by atoms with Gasteiger partial charge in [-0.15, -0.1) is 12.4 Å². The van der Waals surface area contributed by atoms with Crippen LogP contribution in [0.1, 0.15) is 18.0 Å². The molecule has 19 heavy (non-hydrogen) atoms. The van der Waals surface area contributed by atoms with Crippen LogP contribution in [0, 0.1) is 0 Å². The fourth-order valence-corrected chi connectivity index (χ4v) is 2.06. The Balaban J connectivity index is 0.00000180. The number of nitrogens with two attached hydrogens (primary N) is 1. The maximum Gasteiger partial charge on any atom is 0.241 e. The summed E-state index contributed by atoms with van der Waals surface area (Å²) in [6.07, 6.45) is 0.351. The Morgan fingerprint density at radius 1 is 1.42 bits per heavy atom. The maximum atomic E-state index is 11.9. The molecule has 1 aromatic carbocycles. The number of carbonyl (C=O) groups excluding carboxylic acids is 2. The monoisotopic (exact) mass is 283 g/mol. The molecule has 6 heteroatoms. The Kier molecular flexibility index (Phi) is 5.32. The zero-order valence-corrected chi connectivity index (χ0v) is 11.5. The standard InChI is InChI=1S/C13H17N3O2.ClH/c1-16-8-10(7-11(16)17)15-13(18)12(14)9-5-3-2-4-6-9;/h2-6,10,12H,7-8,14H2,1H3,(H,15,18);1H. The molecule has 1 aliphatic heterocycles. The van der Waals surface area contributed by atoms with E-state index in [9.17, 15) is 9.59 Å². The summed E-state index contributed by atoms with van der Waals surface area (Å²) in [4.78, 5) is 24.9. The highest BCUT2D eigenvalue weighted by Crippen LogP contribution is 2.12. The van der Waals surface area contributed by atoms with Crippen LogP contribution in [0.3, 0.4) is 0 Å². The van der Waals surface area contributed by atoms with Crippen LogP contribution < -0.4 is 11.1 Å². The van der Waals surface area contributed by atoms with Crippen molar-refractivity contribution in [2.45, 2.75) is 18.5 Å². The van der Waals surface area contributed by atoms with E-state index in [1.807, 2.05) is 30.3 Å². The molecule has 2 unspecified atom stereocenters. The third-order valence-electron chi connectivity index (χ3n) is 3.13. The minimum atomic E-state index is -0.688. The summed E-state index contributed by atoms with van der Waals surface area (Å²) in [5, 5.41) is 2.81. The van der Waals surface area contributed by atoms with E-state index in [2.05, 4.69) is 5.32 Å². The number of carbonyl (C=O) groups is 2. The second kappa shape index (κ2) is 6.54. The van der Waals surface area contributed by atoms with E-state index in [1.54, 1.807) is 11.9 Å². The molecule has 0 aromatic heterocycles. The summed E-state index contributed by atoms with van der Waals surface area (Å²) in [7, 11) is 1.73. The van der Waals surface area contributed by atoms with Gasteiger partial charge in [-0.25, -0.2) is 0 Å². The molecule has 1 aromatic rings. The van der Waals surface area contributed by atoms with Crippen LogP contribution in [0.25, 0.3) is 0 Å². The van der Waals surface area contributed by atoms with Crippen molar-refractivity contribution in [3.63, 3.8) is 0 Å². The van der Waals surface area contributed by atoms with Gasteiger partial charge in [-0.05, 0) is 5.56 Å². The lowest BCUT2D eigenvalue weighted by Crippen LogP contribution is -2.41. The van der Waals surface area contributed by atoms with Crippen LogP contribution in [-0.2, 0) is 9.59 Å². The predicted octanol–water partition coefficient (Wildman–Crippen LogP) is 0.455. The van der Waals surface area contributed by atoms with Gasteiger partial charge in [0.25, 0.3) is 0 Å². The molecule has 104 valence electrons. The van der Waals surface area contributed by atoms with E-state index in [-0.39, 0.29) is 30.3 Å². The Bertz CT molecular complexity index is 452. The lowest BCUT2D eigenvalue weighted by Gasteiger charge is -2.16. The first-order chi connectivity index (χ1) is 8.58. The number of likely N-dealkylation sites (N-methyl/N-ethyl adjacent to an activating group) is 1. The topological polar surface area (TPSA) is 75.4 Å². The van der Waals surface area contributed by atoms with Crippen LogP contribution in [0.15, 0.2) is 30.3 Å². The second-order valence-electron chi connectivity index (χ2n) is 4.57. The Hall–Kier alpha value is -1.59. The summed E-state index contributed by atoms with van der Waals surface area (Å²) in [6.45, 7) is 0.548. The van der Waals surface area contributed by atoms with Crippen molar-refractivity contribution in [2.75, 3.05) is 13.6 Å². The number of hydrogen-bond acceptors (Lipinski definition) is 3. The van der Waals surface area contributed by atoms with Gasteiger partial charge in [0.2, 0.25) is 11.8 Å². The quantitative estimate of drug-likeness (QED) is 0.846. The van der Waals surface area contributed by atoms with Gasteiger partial charge in [0.05, 0.1) is 6.04 Å². The van der Waals surface area contributed by atoms with E-state index < -0.39 is 6.04 Å². The summed E-state index contributed by atoms with van der Waals surface area (Å²) in [5.41, 5.74) is 6.65. The van der Waals surface area contributed by atoms with Crippen molar-refractivity contribution in [1.29, 1.82) is 0 Å². The minimum absolute atomic E-state index is 0. The van der Waals surface area contributed by atoms with E-state index in [4.69, 9.17) is 5.73 Å². The SMILES string of the molecule is CN1CC(NC(=O)C(N)c2ccccc2)CC1=O.Cl. The predicted molar refractivity (Wildman–Crippen MR) is 74.8 cm³/mol. The van der Waals surface area contributed by atoms with Crippen LogP contribution >= 0.6 is 12.4 Å². The number of benzene rings is 1. The third-order valence-corrected chi connectivity index (χ3v) is 3.13. The van der Waals surface area contributed by atoms with E-state index in [0.29, 0.717) is 13.0 Å². The van der Waals surface area contributed by atoms with Crippen molar-refractivity contribution >= 4 is 24.2 Å². The lowest BCUT2D eigenvalue weighted by atomic mass is 10.1. The highest BCUT2D eigenvalue weighted by atomic mass is 35.5. The van der Waals surface area contributed by atoms with Gasteiger partial charge in [0.1, 0.15) is 6.04 Å². The fraction of sp³-hybridized carbons (Fsp3) is 0.385.